The molecule has 3 heterocycles. The Morgan fingerprint density at radius 2 is 1.83 bits per heavy atom. The van der Waals surface area contributed by atoms with Gasteiger partial charge in [-0.2, -0.15) is 5.26 Å². The van der Waals surface area contributed by atoms with Crippen molar-refractivity contribution in [2.75, 3.05) is 18.9 Å². The molecule has 0 saturated carbocycles. The van der Waals surface area contributed by atoms with Gasteiger partial charge in [-0.1, -0.05) is 6.07 Å². The van der Waals surface area contributed by atoms with Crippen LogP contribution in [0.25, 0.3) is 17.3 Å². The number of hydrogen-bond donors (Lipinski definition) is 1. The summed E-state index contributed by atoms with van der Waals surface area (Å²) in [6.45, 7) is 3.35. The van der Waals surface area contributed by atoms with Gasteiger partial charge in [0.25, 0.3) is 0 Å². The summed E-state index contributed by atoms with van der Waals surface area (Å²) in [6.07, 6.45) is 1.53. The van der Waals surface area contributed by atoms with Crippen molar-refractivity contribution in [3.63, 3.8) is 0 Å². The molecule has 0 saturated heterocycles. The van der Waals surface area contributed by atoms with Crippen LogP contribution in [-0.2, 0) is 16.4 Å². The van der Waals surface area contributed by atoms with E-state index in [1.54, 1.807) is 56.3 Å². The molecule has 0 fully saturated rings. The monoisotopic (exact) mass is 508 g/mol. The number of pyridine rings is 1. The Morgan fingerprint density at radius 3 is 2.39 bits per heavy atom. The minimum Gasteiger partial charge on any atom is -0.494 e. The highest BCUT2D eigenvalue weighted by Crippen LogP contribution is 2.38. The van der Waals surface area contributed by atoms with Crippen molar-refractivity contribution in [1.29, 1.82) is 5.26 Å². The standard InChI is InChI=1S/C24H24N6O5S/c1-15-8-11-21(35-15)23-27-28-24(30(23)22-19(33-3)6-5-7-20(22)34-4)29-36(31,32)16(2)12-18-10-9-17(13-25)14-26-18/h5-11,14,16H,12H2,1-4H3,(H,28,29)/t16-/m0/s1. The van der Waals surface area contributed by atoms with Gasteiger partial charge in [0.05, 0.1) is 25.0 Å². The Morgan fingerprint density at radius 1 is 1.11 bits per heavy atom. The van der Waals surface area contributed by atoms with Crippen molar-refractivity contribution in [2.45, 2.75) is 25.5 Å². The van der Waals surface area contributed by atoms with E-state index < -0.39 is 15.3 Å². The first kappa shape index (κ1) is 24.7. The molecule has 0 aliphatic rings. The number of anilines is 1. The molecular formula is C24H24N6O5S. The normalized spacial score (nSPS) is 12.1. The molecule has 3 aromatic heterocycles. The Hall–Kier alpha value is -4.37. The summed E-state index contributed by atoms with van der Waals surface area (Å²) in [6, 6.07) is 13.9. The maximum absolute atomic E-state index is 13.3. The summed E-state index contributed by atoms with van der Waals surface area (Å²) in [5, 5.41) is 16.4. The topological polar surface area (TPSA) is 145 Å². The van der Waals surface area contributed by atoms with Gasteiger partial charge >= 0.3 is 0 Å². The van der Waals surface area contributed by atoms with Gasteiger partial charge in [-0.3, -0.25) is 14.3 Å². The number of nitrogens with zero attached hydrogens (tertiary/aromatic N) is 5. The van der Waals surface area contributed by atoms with E-state index in [-0.39, 0.29) is 18.2 Å². The zero-order chi connectivity index (χ0) is 25.9. The van der Waals surface area contributed by atoms with Crippen molar-refractivity contribution in [3.05, 3.63) is 65.7 Å². The van der Waals surface area contributed by atoms with E-state index in [1.165, 1.54) is 25.0 Å². The smallest absolute Gasteiger partial charge is 0.243 e. The Balaban J connectivity index is 1.77. The summed E-state index contributed by atoms with van der Waals surface area (Å²) in [5.41, 5.74) is 1.33. The second-order valence-corrected chi connectivity index (χ2v) is 10.0. The number of furan rings is 1. The highest BCUT2D eigenvalue weighted by atomic mass is 32.2. The Labute approximate surface area is 208 Å². The van der Waals surface area contributed by atoms with Crippen LogP contribution >= 0.6 is 0 Å². The zero-order valence-corrected chi connectivity index (χ0v) is 20.9. The fourth-order valence-corrected chi connectivity index (χ4v) is 4.55. The van der Waals surface area contributed by atoms with Crippen LogP contribution in [0, 0.1) is 18.3 Å². The number of aryl methyl sites for hydroxylation is 1. The number of methoxy groups -OCH3 is 2. The number of benzene rings is 1. The fraction of sp³-hybridized carbons (Fsp3) is 0.250. The molecule has 186 valence electrons. The molecule has 4 rings (SSSR count). The predicted octanol–water partition coefficient (Wildman–Crippen LogP) is 3.49. The molecule has 1 atom stereocenters. The van der Waals surface area contributed by atoms with Crippen LogP contribution in [0.3, 0.4) is 0 Å². The van der Waals surface area contributed by atoms with Gasteiger partial charge in [0.1, 0.15) is 29.0 Å². The minimum absolute atomic E-state index is 0.0681. The molecule has 4 aromatic rings. The first-order chi connectivity index (χ1) is 17.3. The third-order valence-electron chi connectivity index (χ3n) is 5.46. The van der Waals surface area contributed by atoms with Crippen LogP contribution in [0.5, 0.6) is 11.5 Å². The third kappa shape index (κ3) is 4.87. The van der Waals surface area contributed by atoms with Crippen LogP contribution < -0.4 is 14.2 Å². The maximum atomic E-state index is 13.3. The van der Waals surface area contributed by atoms with Gasteiger partial charge in [-0.25, -0.2) is 8.42 Å². The van der Waals surface area contributed by atoms with E-state index >= 15 is 0 Å². The van der Waals surface area contributed by atoms with Crippen molar-refractivity contribution in [2.24, 2.45) is 0 Å². The molecule has 12 heteroatoms. The quantitative estimate of drug-likeness (QED) is 0.359. The summed E-state index contributed by atoms with van der Waals surface area (Å²) >= 11 is 0. The van der Waals surface area contributed by atoms with Crippen molar-refractivity contribution < 1.29 is 22.3 Å². The van der Waals surface area contributed by atoms with Gasteiger partial charge in [0, 0.05) is 18.3 Å². The van der Waals surface area contributed by atoms with Gasteiger partial charge in [-0.15, -0.1) is 10.2 Å². The van der Waals surface area contributed by atoms with E-state index in [1.807, 2.05) is 6.07 Å². The molecule has 0 spiro atoms. The van der Waals surface area contributed by atoms with E-state index in [0.29, 0.717) is 40.0 Å². The van der Waals surface area contributed by atoms with E-state index in [0.717, 1.165) is 0 Å². The second-order valence-electron chi connectivity index (χ2n) is 7.92. The highest BCUT2D eigenvalue weighted by Gasteiger charge is 2.29. The lowest BCUT2D eigenvalue weighted by atomic mass is 10.2. The molecule has 36 heavy (non-hydrogen) atoms. The van der Waals surface area contributed by atoms with Crippen LogP contribution in [0.15, 0.2) is 53.1 Å². The van der Waals surface area contributed by atoms with Crippen molar-refractivity contribution in [3.8, 4) is 34.8 Å². The molecule has 0 aliphatic heterocycles. The maximum Gasteiger partial charge on any atom is 0.243 e. The molecule has 11 nitrogen and oxygen atoms in total. The number of hydrogen-bond acceptors (Lipinski definition) is 9. The Kier molecular flexibility index (Phi) is 6.93. The summed E-state index contributed by atoms with van der Waals surface area (Å²) < 4.78 is 47.5. The number of para-hydroxylation sites is 1. The molecule has 0 unspecified atom stereocenters. The second kappa shape index (κ2) is 10.1. The van der Waals surface area contributed by atoms with Crippen LogP contribution in [-0.4, -0.2) is 47.6 Å². The van der Waals surface area contributed by atoms with E-state index in [4.69, 9.17) is 19.2 Å². The fourth-order valence-electron chi connectivity index (χ4n) is 3.57. The number of sulfonamides is 1. The predicted molar refractivity (Wildman–Crippen MR) is 132 cm³/mol. The van der Waals surface area contributed by atoms with E-state index in [2.05, 4.69) is 19.9 Å². The minimum atomic E-state index is -3.95. The number of ether oxygens (including phenoxy) is 2. The highest BCUT2D eigenvalue weighted by molar-refractivity contribution is 7.93. The first-order valence-electron chi connectivity index (χ1n) is 10.9. The number of nitrogens with one attached hydrogen (secondary N) is 1. The molecular weight excluding hydrogens is 484 g/mol. The van der Waals surface area contributed by atoms with Gasteiger partial charge < -0.3 is 13.9 Å². The first-order valence-corrected chi connectivity index (χ1v) is 12.4. The summed E-state index contributed by atoms with van der Waals surface area (Å²) in [7, 11) is -0.959. The molecule has 0 aliphatic carbocycles. The van der Waals surface area contributed by atoms with Gasteiger partial charge in [0.2, 0.25) is 21.8 Å². The van der Waals surface area contributed by atoms with E-state index in [9.17, 15) is 8.42 Å². The molecule has 1 N–H and O–H groups in total. The van der Waals surface area contributed by atoms with Crippen LogP contribution in [0.2, 0.25) is 0 Å². The largest absolute Gasteiger partial charge is 0.494 e. The van der Waals surface area contributed by atoms with Gasteiger partial charge in [0.15, 0.2) is 5.76 Å². The third-order valence-corrected chi connectivity index (χ3v) is 7.16. The number of nitriles is 1. The van der Waals surface area contributed by atoms with Crippen LogP contribution in [0.1, 0.15) is 23.9 Å². The lowest BCUT2D eigenvalue weighted by Gasteiger charge is -2.18. The molecule has 0 bridgehead atoms. The molecule has 0 amide bonds. The Bertz CT molecular complexity index is 1500. The lowest BCUT2D eigenvalue weighted by molar-refractivity contribution is 0.391. The lowest BCUT2D eigenvalue weighted by Crippen LogP contribution is -2.29. The number of aromatic nitrogens is 4. The molecule has 0 radical (unpaired) electrons. The average molecular weight is 509 g/mol. The van der Waals surface area contributed by atoms with Crippen molar-refractivity contribution >= 4 is 16.0 Å². The summed E-state index contributed by atoms with van der Waals surface area (Å²) in [4.78, 5) is 4.17. The summed E-state index contributed by atoms with van der Waals surface area (Å²) in [5.74, 6) is 2.04. The SMILES string of the molecule is COc1cccc(OC)c1-n1c(NS(=O)(=O)[C@@H](C)Cc2ccc(C#N)cn2)nnc1-c1ccc(C)o1. The molecule has 1 aromatic carbocycles. The zero-order valence-electron chi connectivity index (χ0n) is 20.1. The van der Waals surface area contributed by atoms with Crippen LogP contribution in [0.4, 0.5) is 5.95 Å². The average Bonchev–Trinajstić information content (AvgIpc) is 3.49. The number of rotatable bonds is 9. The van der Waals surface area contributed by atoms with Gasteiger partial charge in [-0.05, 0) is 50.2 Å². The van der Waals surface area contributed by atoms with Crippen molar-refractivity contribution in [1.82, 2.24) is 19.7 Å².